The van der Waals surface area contributed by atoms with Crippen LogP contribution in [0.1, 0.15) is 43.0 Å². The van der Waals surface area contributed by atoms with E-state index in [1.165, 1.54) is 43.9 Å². The SMILES string of the molecule is C=C/C=C(\C=C)c1ccc(N(c2ccc(N(C)c3c4c(cc5ccccc35)CC=CC=C4)cc2)c2ccc3cc(C)ccc3c2)cc1.C=CC.CC. The Hall–Kier alpha value is -6.12. The highest BCUT2D eigenvalue weighted by atomic mass is 15.1. The number of hydrogen-bond donors (Lipinski definition) is 0. The highest BCUT2D eigenvalue weighted by Crippen LogP contribution is 2.41. The fourth-order valence-electron chi connectivity index (χ4n) is 6.65. The molecule has 260 valence electrons. The minimum atomic E-state index is 0.920. The molecule has 0 N–H and O–H groups in total. The quantitative estimate of drug-likeness (QED) is 0.117. The number of hydrogen-bond acceptors (Lipinski definition) is 2. The van der Waals surface area contributed by atoms with Crippen LogP contribution < -0.4 is 9.80 Å². The summed E-state index contributed by atoms with van der Waals surface area (Å²) in [6, 6.07) is 42.0. The van der Waals surface area contributed by atoms with Gasteiger partial charge in [0, 0.05) is 40.7 Å². The van der Waals surface area contributed by atoms with Gasteiger partial charge in [0.05, 0.1) is 5.69 Å². The van der Waals surface area contributed by atoms with E-state index in [4.69, 9.17) is 0 Å². The number of rotatable bonds is 8. The molecule has 0 spiro atoms. The molecular formula is C50H50N2. The molecular weight excluding hydrogens is 629 g/mol. The van der Waals surface area contributed by atoms with E-state index in [0.29, 0.717) is 0 Å². The molecule has 0 saturated heterocycles. The van der Waals surface area contributed by atoms with Crippen molar-refractivity contribution in [1.29, 1.82) is 0 Å². The van der Waals surface area contributed by atoms with E-state index < -0.39 is 0 Å². The van der Waals surface area contributed by atoms with Crippen molar-refractivity contribution < 1.29 is 0 Å². The molecule has 52 heavy (non-hydrogen) atoms. The first-order chi connectivity index (χ1) is 25.4. The Balaban J connectivity index is 0.000000995. The van der Waals surface area contributed by atoms with E-state index in [-0.39, 0.29) is 0 Å². The third-order valence-corrected chi connectivity index (χ3v) is 9.04. The lowest BCUT2D eigenvalue weighted by Crippen LogP contribution is -2.14. The molecule has 0 heterocycles. The topological polar surface area (TPSA) is 6.48 Å². The molecule has 2 nitrogen and oxygen atoms in total. The molecule has 6 aromatic rings. The van der Waals surface area contributed by atoms with Crippen LogP contribution in [0.4, 0.5) is 28.4 Å². The summed E-state index contributed by atoms with van der Waals surface area (Å²) in [6.45, 7) is 19.3. The molecule has 0 unspecified atom stereocenters. The van der Waals surface area contributed by atoms with Crippen LogP contribution in [0.5, 0.6) is 0 Å². The normalized spacial score (nSPS) is 11.7. The van der Waals surface area contributed by atoms with Gasteiger partial charge in [0.2, 0.25) is 0 Å². The molecule has 6 aromatic carbocycles. The number of allylic oxidation sites excluding steroid dienone is 8. The van der Waals surface area contributed by atoms with Gasteiger partial charge >= 0.3 is 0 Å². The molecule has 0 aromatic heterocycles. The lowest BCUT2D eigenvalue weighted by Gasteiger charge is -2.28. The zero-order valence-electron chi connectivity index (χ0n) is 31.3. The fourth-order valence-corrected chi connectivity index (χ4v) is 6.65. The monoisotopic (exact) mass is 678 g/mol. The molecule has 1 aliphatic carbocycles. The third kappa shape index (κ3) is 8.09. The highest BCUT2D eigenvalue weighted by Gasteiger charge is 2.18. The first-order valence-electron chi connectivity index (χ1n) is 18.1. The van der Waals surface area contributed by atoms with Gasteiger partial charge in [0.25, 0.3) is 0 Å². The molecule has 0 saturated carbocycles. The Labute approximate surface area is 311 Å². The number of fused-ring (bicyclic) bond motifs is 3. The molecule has 0 fully saturated rings. The zero-order valence-corrected chi connectivity index (χ0v) is 31.3. The van der Waals surface area contributed by atoms with Gasteiger partial charge in [-0.15, -0.1) is 6.58 Å². The Morgan fingerprint density at radius 1 is 0.673 bits per heavy atom. The van der Waals surface area contributed by atoms with Crippen LogP contribution in [0, 0.1) is 6.92 Å². The van der Waals surface area contributed by atoms with Crippen LogP contribution in [0.2, 0.25) is 0 Å². The average Bonchev–Trinajstić information content (AvgIpc) is 3.43. The Morgan fingerprint density at radius 2 is 1.29 bits per heavy atom. The van der Waals surface area contributed by atoms with E-state index >= 15 is 0 Å². The standard InChI is InChI=1S/C45H38N2.C3H6.C2H6/c1-5-12-33(6-2)34-19-22-40(23-20-34)47(42-24-21-35-29-32(3)17-18-36(35)31-42)41-27-25-39(26-28-41)46(4)45-43-15-9-7-8-13-37(43)30-38-14-10-11-16-44(38)45;1-3-2;1-2/h5-12,14-31H,1-2,13H2,3-4H3;3H,1H2,2H3;1-2H3/b33-12+;;. The second-order valence-electron chi connectivity index (χ2n) is 12.5. The molecule has 2 heteroatoms. The van der Waals surface area contributed by atoms with Gasteiger partial charge in [-0.1, -0.05) is 148 Å². The molecule has 0 aliphatic heterocycles. The predicted molar refractivity (Wildman–Crippen MR) is 233 cm³/mol. The largest absolute Gasteiger partial charge is 0.344 e. The summed E-state index contributed by atoms with van der Waals surface area (Å²) >= 11 is 0. The molecule has 0 amide bonds. The van der Waals surface area contributed by atoms with Gasteiger partial charge in [-0.25, -0.2) is 0 Å². The number of benzene rings is 6. The van der Waals surface area contributed by atoms with Crippen molar-refractivity contribution in [3.05, 3.63) is 200 Å². The van der Waals surface area contributed by atoms with Crippen molar-refractivity contribution in [2.24, 2.45) is 0 Å². The number of nitrogens with zero attached hydrogens (tertiary/aromatic N) is 2. The lowest BCUT2D eigenvalue weighted by molar-refractivity contribution is 1.19. The first-order valence-corrected chi connectivity index (χ1v) is 18.1. The Morgan fingerprint density at radius 3 is 1.98 bits per heavy atom. The summed E-state index contributed by atoms with van der Waals surface area (Å²) in [6.07, 6.45) is 17.1. The van der Waals surface area contributed by atoms with Crippen molar-refractivity contribution in [3.8, 4) is 0 Å². The second-order valence-corrected chi connectivity index (χ2v) is 12.5. The summed E-state index contributed by atoms with van der Waals surface area (Å²) in [4.78, 5) is 4.66. The van der Waals surface area contributed by atoms with E-state index in [0.717, 1.165) is 40.3 Å². The molecule has 0 radical (unpaired) electrons. The van der Waals surface area contributed by atoms with E-state index in [2.05, 4.69) is 183 Å². The van der Waals surface area contributed by atoms with E-state index in [9.17, 15) is 0 Å². The van der Waals surface area contributed by atoms with Crippen LogP contribution in [0.3, 0.4) is 0 Å². The Kier molecular flexibility index (Phi) is 12.6. The maximum absolute atomic E-state index is 4.00. The number of aryl methyl sites for hydroxylation is 1. The third-order valence-electron chi connectivity index (χ3n) is 9.04. The summed E-state index contributed by atoms with van der Waals surface area (Å²) in [5.74, 6) is 0. The smallest absolute Gasteiger partial charge is 0.0564 e. The van der Waals surface area contributed by atoms with E-state index in [1.54, 1.807) is 12.2 Å². The Bertz CT molecular complexity index is 2260. The summed E-state index contributed by atoms with van der Waals surface area (Å²) < 4.78 is 0. The van der Waals surface area contributed by atoms with Gasteiger partial charge in [0.1, 0.15) is 0 Å². The van der Waals surface area contributed by atoms with Crippen molar-refractivity contribution >= 4 is 61.6 Å². The maximum atomic E-state index is 4.00. The minimum absolute atomic E-state index is 0.920. The van der Waals surface area contributed by atoms with Crippen LogP contribution in [-0.2, 0) is 6.42 Å². The van der Waals surface area contributed by atoms with Crippen molar-refractivity contribution in [1.82, 2.24) is 0 Å². The van der Waals surface area contributed by atoms with Gasteiger partial charge in [-0.05, 0) is 102 Å². The molecule has 7 rings (SSSR count). The summed E-state index contributed by atoms with van der Waals surface area (Å²) in [5.41, 5.74) is 11.7. The van der Waals surface area contributed by atoms with Gasteiger partial charge in [0.15, 0.2) is 0 Å². The number of anilines is 5. The van der Waals surface area contributed by atoms with Crippen LogP contribution in [-0.4, -0.2) is 7.05 Å². The minimum Gasteiger partial charge on any atom is -0.344 e. The fraction of sp³-hybridized carbons (Fsp3) is 0.120. The summed E-state index contributed by atoms with van der Waals surface area (Å²) in [7, 11) is 2.18. The zero-order chi connectivity index (χ0) is 37.0. The van der Waals surface area contributed by atoms with Crippen molar-refractivity contribution in [3.63, 3.8) is 0 Å². The molecule has 0 atom stereocenters. The predicted octanol–water partition coefficient (Wildman–Crippen LogP) is 14.6. The van der Waals surface area contributed by atoms with Crippen molar-refractivity contribution in [2.75, 3.05) is 16.8 Å². The molecule has 1 aliphatic rings. The van der Waals surface area contributed by atoms with Gasteiger partial charge in [-0.2, -0.15) is 0 Å². The van der Waals surface area contributed by atoms with Crippen LogP contribution in [0.25, 0.3) is 33.2 Å². The average molecular weight is 679 g/mol. The van der Waals surface area contributed by atoms with Gasteiger partial charge < -0.3 is 9.80 Å². The van der Waals surface area contributed by atoms with Crippen molar-refractivity contribution in [2.45, 2.75) is 34.1 Å². The lowest BCUT2D eigenvalue weighted by atomic mass is 9.95. The van der Waals surface area contributed by atoms with Crippen LogP contribution in [0.15, 0.2) is 178 Å². The first kappa shape index (κ1) is 37.1. The van der Waals surface area contributed by atoms with E-state index in [1.807, 2.05) is 32.9 Å². The second kappa shape index (κ2) is 17.7. The highest BCUT2D eigenvalue weighted by molar-refractivity contribution is 6.01. The van der Waals surface area contributed by atoms with Gasteiger partial charge in [-0.3, -0.25) is 0 Å². The summed E-state index contributed by atoms with van der Waals surface area (Å²) in [5, 5.41) is 4.97. The molecule has 0 bridgehead atoms. The van der Waals surface area contributed by atoms with Crippen LogP contribution >= 0.6 is 0 Å². The maximum Gasteiger partial charge on any atom is 0.0564 e.